The molecule has 0 saturated carbocycles. The number of ether oxygens (including phenoxy) is 3. The minimum atomic E-state index is -7.62. The molecule has 0 saturated heterocycles. The molecular formula is C25H30F11NO6. The highest BCUT2D eigenvalue weighted by Gasteiger charge is 2.87. The highest BCUT2D eigenvalue weighted by molar-refractivity contribution is 5.72. The number of hydrogen-bond donors (Lipinski definition) is 1. The second-order valence-electron chi connectivity index (χ2n) is 10.4. The van der Waals surface area contributed by atoms with Crippen LogP contribution in [0.25, 0.3) is 0 Å². The van der Waals surface area contributed by atoms with Gasteiger partial charge in [0.1, 0.15) is 12.4 Å². The Kier molecular flexibility index (Phi) is 12.1. The summed E-state index contributed by atoms with van der Waals surface area (Å²) in [7, 11) is 0. The maximum absolute atomic E-state index is 14.4. The average molecular weight is 649 g/mol. The van der Waals surface area contributed by atoms with Gasteiger partial charge in [-0.05, 0) is 30.0 Å². The number of alkyl halides is 11. The third kappa shape index (κ3) is 9.47. The van der Waals surface area contributed by atoms with Crippen LogP contribution in [0.2, 0.25) is 0 Å². The largest absolute Gasteiger partial charge is 0.492 e. The molecule has 0 bridgehead atoms. The fourth-order valence-corrected chi connectivity index (χ4v) is 3.18. The molecule has 18 heteroatoms. The number of rotatable bonds is 15. The second kappa shape index (κ2) is 13.7. The van der Waals surface area contributed by atoms with Crippen LogP contribution in [0, 0.1) is 5.41 Å². The quantitative estimate of drug-likeness (QED) is 0.213. The number of nitrogens with zero attached hydrogens (tertiary/aromatic N) is 1. The minimum absolute atomic E-state index is 0.0245. The third-order valence-corrected chi connectivity index (χ3v) is 5.50. The Hall–Kier alpha value is -3.05. The third-order valence-electron chi connectivity index (χ3n) is 5.50. The zero-order chi connectivity index (χ0) is 33.7. The van der Waals surface area contributed by atoms with E-state index in [1.807, 2.05) is 0 Å². The first kappa shape index (κ1) is 38.0. The topological polar surface area (TPSA) is 85.3 Å². The van der Waals surface area contributed by atoms with E-state index in [2.05, 4.69) is 0 Å². The van der Waals surface area contributed by atoms with Crippen molar-refractivity contribution < 1.29 is 77.2 Å². The summed E-state index contributed by atoms with van der Waals surface area (Å²) < 4.78 is 163. The molecule has 1 aromatic rings. The lowest BCUT2D eigenvalue weighted by Gasteiger charge is -2.38. The second-order valence-corrected chi connectivity index (χ2v) is 10.4. The summed E-state index contributed by atoms with van der Waals surface area (Å²) in [5.74, 6) is -30.1. The SMILES string of the molecule is CCOC(Cc1ccc(OCCN(CC(F)(F)C(F)(F)C(F)(F)C(F)(F)C(F)(F)F)C(=O)OCC(C)(C)C)cc1)C(=O)O. The van der Waals surface area contributed by atoms with Crippen molar-refractivity contribution in [1.29, 1.82) is 0 Å². The van der Waals surface area contributed by atoms with Gasteiger partial charge in [-0.25, -0.2) is 9.59 Å². The summed E-state index contributed by atoms with van der Waals surface area (Å²) in [6.07, 6.45) is -10.3. The molecule has 1 atom stereocenters. The van der Waals surface area contributed by atoms with Crippen LogP contribution in [0.1, 0.15) is 33.3 Å². The molecule has 7 nitrogen and oxygen atoms in total. The van der Waals surface area contributed by atoms with E-state index in [0.29, 0.717) is 5.56 Å². The van der Waals surface area contributed by atoms with Crippen molar-refractivity contribution in [3.05, 3.63) is 29.8 Å². The number of carboxylic acid groups (broad SMARTS) is 1. The van der Waals surface area contributed by atoms with E-state index in [0.717, 1.165) is 0 Å². The molecule has 0 radical (unpaired) electrons. The van der Waals surface area contributed by atoms with Gasteiger partial charge in [0.25, 0.3) is 0 Å². The Labute approximate surface area is 238 Å². The summed E-state index contributed by atoms with van der Waals surface area (Å²) in [5, 5.41) is 9.15. The number of hydrogen-bond acceptors (Lipinski definition) is 5. The van der Waals surface area contributed by atoms with Gasteiger partial charge in [-0.3, -0.25) is 4.90 Å². The average Bonchev–Trinajstić information content (AvgIpc) is 2.85. The van der Waals surface area contributed by atoms with Crippen molar-refractivity contribution in [2.75, 3.05) is 32.9 Å². The van der Waals surface area contributed by atoms with Crippen molar-refractivity contribution in [3.8, 4) is 5.75 Å². The van der Waals surface area contributed by atoms with Crippen molar-refractivity contribution in [1.82, 2.24) is 4.90 Å². The summed E-state index contributed by atoms with van der Waals surface area (Å²) in [4.78, 5) is 23.3. The van der Waals surface area contributed by atoms with Gasteiger partial charge in [-0.15, -0.1) is 0 Å². The lowest BCUT2D eigenvalue weighted by molar-refractivity contribution is -0.422. The lowest BCUT2D eigenvalue weighted by Crippen LogP contribution is -2.68. The number of amides is 1. The predicted octanol–water partition coefficient (Wildman–Crippen LogP) is 6.69. The molecular weight excluding hydrogens is 619 g/mol. The molecule has 1 N–H and O–H groups in total. The zero-order valence-corrected chi connectivity index (χ0v) is 23.2. The van der Waals surface area contributed by atoms with Crippen LogP contribution in [-0.2, 0) is 20.7 Å². The Balaban J connectivity index is 3.15. The van der Waals surface area contributed by atoms with Crippen molar-refractivity contribution in [2.45, 2.75) is 70.1 Å². The molecule has 0 aliphatic rings. The Morgan fingerprint density at radius 1 is 0.860 bits per heavy atom. The van der Waals surface area contributed by atoms with Crippen LogP contribution >= 0.6 is 0 Å². The van der Waals surface area contributed by atoms with Gasteiger partial charge in [-0.1, -0.05) is 32.9 Å². The van der Waals surface area contributed by atoms with E-state index in [1.165, 1.54) is 45.0 Å². The van der Waals surface area contributed by atoms with Gasteiger partial charge in [0.15, 0.2) is 6.10 Å². The van der Waals surface area contributed by atoms with E-state index in [9.17, 15) is 57.9 Å². The molecule has 43 heavy (non-hydrogen) atoms. The van der Waals surface area contributed by atoms with E-state index < -0.39 is 79.8 Å². The molecule has 248 valence electrons. The molecule has 1 aromatic carbocycles. The molecule has 0 fully saturated rings. The molecule has 1 rings (SSSR count). The Morgan fingerprint density at radius 3 is 1.84 bits per heavy atom. The fraction of sp³-hybridized carbons (Fsp3) is 0.680. The summed E-state index contributed by atoms with van der Waals surface area (Å²) in [6.45, 7) is 1.01. The number of benzene rings is 1. The summed E-state index contributed by atoms with van der Waals surface area (Å²) >= 11 is 0. The van der Waals surface area contributed by atoms with Gasteiger partial charge in [0.2, 0.25) is 0 Å². The van der Waals surface area contributed by atoms with E-state index in [4.69, 9.17) is 19.3 Å². The Morgan fingerprint density at radius 2 is 1.40 bits per heavy atom. The molecule has 1 amide bonds. The van der Waals surface area contributed by atoms with Gasteiger partial charge >= 0.3 is 41.9 Å². The normalized spacial score (nSPS) is 14.3. The van der Waals surface area contributed by atoms with Gasteiger partial charge in [0.05, 0.1) is 19.7 Å². The lowest BCUT2D eigenvalue weighted by atomic mass is 9.97. The number of aliphatic carboxylic acids is 1. The fourth-order valence-electron chi connectivity index (χ4n) is 3.18. The highest BCUT2D eigenvalue weighted by atomic mass is 19.4. The van der Waals surface area contributed by atoms with Crippen LogP contribution in [0.15, 0.2) is 24.3 Å². The van der Waals surface area contributed by atoms with Gasteiger partial charge < -0.3 is 19.3 Å². The first-order valence-corrected chi connectivity index (χ1v) is 12.4. The first-order valence-electron chi connectivity index (χ1n) is 12.4. The smallest absolute Gasteiger partial charge is 0.460 e. The van der Waals surface area contributed by atoms with Crippen molar-refractivity contribution >= 4 is 12.1 Å². The minimum Gasteiger partial charge on any atom is -0.492 e. The maximum atomic E-state index is 14.4. The first-order chi connectivity index (χ1) is 19.3. The molecule has 0 heterocycles. The van der Waals surface area contributed by atoms with Crippen LogP contribution < -0.4 is 4.74 Å². The highest BCUT2D eigenvalue weighted by Crippen LogP contribution is 2.57. The monoisotopic (exact) mass is 649 g/mol. The maximum Gasteiger partial charge on any atom is 0.460 e. The van der Waals surface area contributed by atoms with Crippen LogP contribution in [-0.4, -0.2) is 90.9 Å². The predicted molar refractivity (Wildman–Crippen MR) is 127 cm³/mol. The zero-order valence-electron chi connectivity index (χ0n) is 23.2. The van der Waals surface area contributed by atoms with Crippen LogP contribution in [0.4, 0.5) is 53.1 Å². The van der Waals surface area contributed by atoms with Gasteiger partial charge in [-0.2, -0.15) is 48.3 Å². The van der Waals surface area contributed by atoms with Gasteiger partial charge in [0, 0.05) is 13.0 Å². The summed E-state index contributed by atoms with van der Waals surface area (Å²) in [5.41, 5.74) is -0.366. The van der Waals surface area contributed by atoms with E-state index in [-0.39, 0.29) is 23.7 Å². The number of halogens is 11. The number of carboxylic acids is 1. The summed E-state index contributed by atoms with van der Waals surface area (Å²) in [6, 6.07) is 5.31. The van der Waals surface area contributed by atoms with Crippen LogP contribution in [0.3, 0.4) is 0 Å². The molecule has 0 aliphatic carbocycles. The molecule has 1 unspecified atom stereocenters. The Bertz CT molecular complexity index is 1070. The molecule has 0 aromatic heterocycles. The van der Waals surface area contributed by atoms with E-state index in [1.54, 1.807) is 6.92 Å². The van der Waals surface area contributed by atoms with E-state index >= 15 is 0 Å². The number of carbonyl (C=O) groups excluding carboxylic acids is 1. The van der Waals surface area contributed by atoms with Crippen molar-refractivity contribution in [3.63, 3.8) is 0 Å². The number of carbonyl (C=O) groups is 2. The van der Waals surface area contributed by atoms with Crippen LogP contribution in [0.5, 0.6) is 5.75 Å². The molecule has 0 spiro atoms. The van der Waals surface area contributed by atoms with Crippen molar-refractivity contribution in [2.24, 2.45) is 5.41 Å². The molecule has 0 aliphatic heterocycles. The standard InChI is InChI=1S/C25H30F11NO6/c1-5-41-17(18(38)39)12-15-6-8-16(9-7-15)42-11-10-37(19(40)43-14-20(2,3)4)13-21(26,27)22(28,29)23(30,31)24(32,33)25(34,35)36/h6-9,17H,5,10-14H2,1-4H3,(H,38,39).